The highest BCUT2D eigenvalue weighted by atomic mass is 19.4. The highest BCUT2D eigenvalue weighted by Crippen LogP contribution is 2.32. The summed E-state index contributed by atoms with van der Waals surface area (Å²) >= 11 is 0. The first-order valence-corrected chi connectivity index (χ1v) is 5.94. The van der Waals surface area contributed by atoms with E-state index in [1.165, 1.54) is 24.4 Å². The molecule has 0 amide bonds. The molecule has 0 radical (unpaired) electrons. The van der Waals surface area contributed by atoms with Crippen LogP contribution in [0.15, 0.2) is 48.0 Å². The molecule has 0 fully saturated rings. The molecule has 2 aromatic rings. The summed E-state index contributed by atoms with van der Waals surface area (Å²) < 4.78 is 39.7. The Morgan fingerprint density at radius 2 is 2.14 bits per heavy atom. The van der Waals surface area contributed by atoms with E-state index in [0.717, 1.165) is 16.8 Å². The van der Waals surface area contributed by atoms with Gasteiger partial charge in [0.25, 0.3) is 5.56 Å². The van der Waals surface area contributed by atoms with Gasteiger partial charge in [-0.1, -0.05) is 12.6 Å². The first kappa shape index (κ1) is 15.3. The Hall–Kier alpha value is -3.08. The Morgan fingerprint density at radius 1 is 1.41 bits per heavy atom. The minimum Gasteiger partial charge on any atom is -0.341 e. The maximum absolute atomic E-state index is 12.8. The molecule has 1 N–H and O–H groups in total. The number of aromatic nitrogens is 2. The summed E-state index contributed by atoms with van der Waals surface area (Å²) in [4.78, 5) is 15.1. The van der Waals surface area contributed by atoms with Crippen molar-refractivity contribution >= 4 is 11.5 Å². The molecule has 0 spiro atoms. The molecule has 0 saturated carbocycles. The molecule has 0 bridgehead atoms. The normalized spacial score (nSPS) is 10.8. The summed E-state index contributed by atoms with van der Waals surface area (Å²) in [5.74, 6) is 0.0604. The van der Waals surface area contributed by atoms with Crippen LogP contribution < -0.4 is 10.9 Å². The van der Waals surface area contributed by atoms with Crippen LogP contribution in [0.1, 0.15) is 11.3 Å². The van der Waals surface area contributed by atoms with Crippen LogP contribution >= 0.6 is 0 Å². The second kappa shape index (κ2) is 5.73. The molecule has 0 aliphatic heterocycles. The lowest BCUT2D eigenvalue weighted by atomic mass is 10.2. The summed E-state index contributed by atoms with van der Waals surface area (Å²) in [5.41, 5.74) is -2.31. The van der Waals surface area contributed by atoms with Gasteiger partial charge in [-0.15, -0.1) is 0 Å². The molecular weight excluding hydrogens is 297 g/mol. The van der Waals surface area contributed by atoms with E-state index in [9.17, 15) is 18.0 Å². The zero-order valence-corrected chi connectivity index (χ0v) is 11.1. The van der Waals surface area contributed by atoms with Gasteiger partial charge in [-0.2, -0.15) is 18.4 Å². The molecule has 2 rings (SSSR count). The summed E-state index contributed by atoms with van der Waals surface area (Å²) in [5, 5.41) is 11.2. The van der Waals surface area contributed by atoms with Crippen molar-refractivity contribution in [2.45, 2.75) is 6.18 Å². The van der Waals surface area contributed by atoms with Crippen LogP contribution in [0.2, 0.25) is 0 Å². The summed E-state index contributed by atoms with van der Waals surface area (Å²) in [6, 6.07) is 6.51. The van der Waals surface area contributed by atoms with Gasteiger partial charge in [-0.3, -0.25) is 9.36 Å². The molecule has 22 heavy (non-hydrogen) atoms. The SMILES string of the molecule is C=C(Nc1cnc(C#N)c(C(F)(F)F)c1)n1ccccc1=O. The molecule has 0 aromatic carbocycles. The van der Waals surface area contributed by atoms with Crippen molar-refractivity contribution < 1.29 is 13.2 Å². The molecular formula is C14H9F3N4O. The Kier molecular flexibility index (Phi) is 3.99. The molecule has 0 saturated heterocycles. The number of halogens is 3. The third kappa shape index (κ3) is 3.15. The van der Waals surface area contributed by atoms with Crippen LogP contribution in [-0.4, -0.2) is 9.55 Å². The molecule has 0 aliphatic rings. The lowest BCUT2D eigenvalue weighted by Crippen LogP contribution is -2.20. The predicted molar refractivity (Wildman–Crippen MR) is 73.6 cm³/mol. The number of rotatable bonds is 3. The molecule has 5 nitrogen and oxygen atoms in total. The molecule has 112 valence electrons. The number of hydrogen-bond acceptors (Lipinski definition) is 4. The molecule has 0 unspecified atom stereocenters. The average molecular weight is 306 g/mol. The minimum absolute atomic E-state index is 0.0351. The monoisotopic (exact) mass is 306 g/mol. The maximum Gasteiger partial charge on any atom is 0.419 e. The highest BCUT2D eigenvalue weighted by Gasteiger charge is 2.34. The lowest BCUT2D eigenvalue weighted by molar-refractivity contribution is -0.138. The molecule has 2 aromatic heterocycles. The van der Waals surface area contributed by atoms with Crippen LogP contribution in [0, 0.1) is 11.3 Å². The zero-order valence-electron chi connectivity index (χ0n) is 11.1. The fourth-order valence-electron chi connectivity index (χ4n) is 1.72. The van der Waals surface area contributed by atoms with Crippen molar-refractivity contribution in [2.24, 2.45) is 0 Å². The van der Waals surface area contributed by atoms with Gasteiger partial charge in [-0.25, -0.2) is 4.98 Å². The average Bonchev–Trinajstić information content (AvgIpc) is 2.46. The fraction of sp³-hybridized carbons (Fsp3) is 0.0714. The number of hydrogen-bond donors (Lipinski definition) is 1. The largest absolute Gasteiger partial charge is 0.419 e. The van der Waals surface area contributed by atoms with Gasteiger partial charge >= 0.3 is 6.18 Å². The van der Waals surface area contributed by atoms with Gasteiger partial charge in [0.2, 0.25) is 0 Å². The Balaban J connectivity index is 2.36. The van der Waals surface area contributed by atoms with E-state index < -0.39 is 23.0 Å². The van der Waals surface area contributed by atoms with Crippen LogP contribution in [0.3, 0.4) is 0 Å². The second-order valence-electron chi connectivity index (χ2n) is 4.21. The lowest BCUT2D eigenvalue weighted by Gasteiger charge is -2.14. The van der Waals surface area contributed by atoms with Gasteiger partial charge < -0.3 is 5.32 Å². The van der Waals surface area contributed by atoms with Crippen molar-refractivity contribution in [3.05, 3.63) is 64.8 Å². The zero-order chi connectivity index (χ0) is 16.3. The van der Waals surface area contributed by atoms with Crippen molar-refractivity contribution in [1.29, 1.82) is 5.26 Å². The summed E-state index contributed by atoms with van der Waals surface area (Å²) in [6.07, 6.45) is -2.23. The van der Waals surface area contributed by atoms with Crippen molar-refractivity contribution in [3.8, 4) is 6.07 Å². The van der Waals surface area contributed by atoms with Crippen molar-refractivity contribution in [2.75, 3.05) is 5.32 Å². The summed E-state index contributed by atoms with van der Waals surface area (Å²) in [6.45, 7) is 3.59. The van der Waals surface area contributed by atoms with Crippen LogP contribution in [0.25, 0.3) is 5.82 Å². The standard InChI is InChI=1S/C14H9F3N4O/c1-9(21-5-3-2-4-13(21)22)20-10-6-11(14(15,16)17)12(7-18)19-8-10/h2-6,8,20H,1H2. The number of alkyl halides is 3. The number of nitrogens with zero attached hydrogens (tertiary/aromatic N) is 3. The van der Waals surface area contributed by atoms with Gasteiger partial charge in [0, 0.05) is 12.3 Å². The molecule has 2 heterocycles. The quantitative estimate of drug-likeness (QED) is 0.946. The number of nitrogens with one attached hydrogen (secondary N) is 1. The first-order chi connectivity index (χ1) is 10.3. The van der Waals surface area contributed by atoms with Crippen LogP contribution in [0.5, 0.6) is 0 Å². The molecule has 8 heteroatoms. The third-order valence-corrected chi connectivity index (χ3v) is 2.70. The number of anilines is 1. The van der Waals surface area contributed by atoms with Crippen LogP contribution in [0.4, 0.5) is 18.9 Å². The van der Waals surface area contributed by atoms with E-state index in [-0.39, 0.29) is 11.5 Å². The molecule has 0 aliphatic carbocycles. The van der Waals surface area contributed by atoms with Gasteiger partial charge in [-0.05, 0) is 12.1 Å². The number of nitriles is 1. The summed E-state index contributed by atoms with van der Waals surface area (Å²) in [7, 11) is 0. The topological polar surface area (TPSA) is 70.7 Å². The van der Waals surface area contributed by atoms with Crippen molar-refractivity contribution in [1.82, 2.24) is 9.55 Å². The highest BCUT2D eigenvalue weighted by molar-refractivity contribution is 5.63. The van der Waals surface area contributed by atoms with Crippen molar-refractivity contribution in [3.63, 3.8) is 0 Å². The van der Waals surface area contributed by atoms with Gasteiger partial charge in [0.15, 0.2) is 5.69 Å². The predicted octanol–water partition coefficient (Wildman–Crippen LogP) is 2.67. The number of pyridine rings is 2. The minimum atomic E-state index is -4.71. The first-order valence-electron chi connectivity index (χ1n) is 5.94. The molecule has 0 atom stereocenters. The van der Waals surface area contributed by atoms with Gasteiger partial charge in [0.05, 0.1) is 17.4 Å². The Morgan fingerprint density at radius 3 is 2.73 bits per heavy atom. The second-order valence-corrected chi connectivity index (χ2v) is 4.21. The van der Waals surface area contributed by atoms with E-state index in [4.69, 9.17) is 5.26 Å². The van der Waals surface area contributed by atoms with E-state index in [1.54, 1.807) is 6.07 Å². The van der Waals surface area contributed by atoms with E-state index in [0.29, 0.717) is 0 Å². The Labute approximate surface area is 123 Å². The third-order valence-electron chi connectivity index (χ3n) is 2.70. The maximum atomic E-state index is 12.8. The Bertz CT molecular complexity index is 818. The van der Waals surface area contributed by atoms with Gasteiger partial charge in [0.1, 0.15) is 11.9 Å². The van der Waals surface area contributed by atoms with E-state index >= 15 is 0 Å². The van der Waals surface area contributed by atoms with Crippen LogP contribution in [-0.2, 0) is 6.18 Å². The fourth-order valence-corrected chi connectivity index (χ4v) is 1.72. The van der Waals surface area contributed by atoms with E-state index in [2.05, 4.69) is 16.9 Å². The smallest absolute Gasteiger partial charge is 0.341 e. The van der Waals surface area contributed by atoms with E-state index in [1.807, 2.05) is 0 Å².